The van der Waals surface area contributed by atoms with Gasteiger partial charge in [-0.25, -0.2) is 0 Å². The van der Waals surface area contributed by atoms with Gasteiger partial charge < -0.3 is 10.0 Å². The number of carboxylic acid groups (broad SMARTS) is 1. The third kappa shape index (κ3) is 4.61. The molecule has 1 saturated heterocycles. The summed E-state index contributed by atoms with van der Waals surface area (Å²) in [5.74, 6) is -0.686. The van der Waals surface area contributed by atoms with Crippen LogP contribution in [0.3, 0.4) is 0 Å². The average molecular weight is 243 g/mol. The molecule has 1 aliphatic heterocycles. The van der Waals surface area contributed by atoms with Gasteiger partial charge in [0.15, 0.2) is 0 Å². The molecule has 17 heavy (non-hydrogen) atoms. The molecule has 100 valence electrons. The Bertz CT molecular complexity index is 238. The maximum Gasteiger partial charge on any atom is 0.320 e. The van der Waals surface area contributed by atoms with Crippen LogP contribution in [-0.4, -0.2) is 85.2 Å². The average Bonchev–Trinajstić information content (AvgIpc) is 2.28. The van der Waals surface area contributed by atoms with Gasteiger partial charge in [-0.2, -0.15) is 0 Å². The molecule has 0 saturated carbocycles. The summed E-state index contributed by atoms with van der Waals surface area (Å²) >= 11 is 0. The summed E-state index contributed by atoms with van der Waals surface area (Å²) in [6.45, 7) is 7.80. The number of rotatable bonds is 6. The summed E-state index contributed by atoms with van der Waals surface area (Å²) in [7, 11) is 4.15. The first-order chi connectivity index (χ1) is 8.04. The molecule has 0 aromatic heterocycles. The van der Waals surface area contributed by atoms with Crippen LogP contribution in [0.25, 0.3) is 0 Å². The van der Waals surface area contributed by atoms with Gasteiger partial charge in [-0.05, 0) is 20.5 Å². The van der Waals surface area contributed by atoms with E-state index in [9.17, 15) is 4.79 Å². The van der Waals surface area contributed by atoms with Crippen LogP contribution in [0.1, 0.15) is 13.3 Å². The van der Waals surface area contributed by atoms with E-state index in [-0.39, 0.29) is 6.04 Å². The second-order valence-electron chi connectivity index (χ2n) is 4.94. The third-order valence-electron chi connectivity index (χ3n) is 3.38. The number of carbonyl (C=O) groups is 1. The van der Waals surface area contributed by atoms with Crippen LogP contribution in [0.4, 0.5) is 0 Å². The minimum atomic E-state index is -0.686. The molecule has 1 atom stereocenters. The number of hydrogen-bond acceptors (Lipinski definition) is 4. The van der Waals surface area contributed by atoms with Gasteiger partial charge in [-0.1, -0.05) is 6.92 Å². The number of aliphatic carboxylic acids is 1. The standard InChI is InChI=1S/C12H25N3O2/c1-4-11(12(16)17)15-9-7-14(8-10-15)6-5-13(2)3/h11H,4-10H2,1-3H3,(H,16,17). The Morgan fingerprint density at radius 2 is 1.88 bits per heavy atom. The molecule has 1 heterocycles. The minimum absolute atomic E-state index is 0.300. The monoisotopic (exact) mass is 243 g/mol. The Hall–Kier alpha value is -0.650. The highest BCUT2D eigenvalue weighted by Gasteiger charge is 2.26. The highest BCUT2D eigenvalue weighted by Crippen LogP contribution is 2.09. The smallest absolute Gasteiger partial charge is 0.320 e. The van der Waals surface area contributed by atoms with Crippen molar-refractivity contribution in [3.05, 3.63) is 0 Å². The van der Waals surface area contributed by atoms with Crippen molar-refractivity contribution >= 4 is 5.97 Å². The van der Waals surface area contributed by atoms with Crippen LogP contribution in [0, 0.1) is 0 Å². The normalized spacial score (nSPS) is 20.7. The molecular formula is C12H25N3O2. The molecule has 5 heteroatoms. The van der Waals surface area contributed by atoms with Gasteiger partial charge >= 0.3 is 5.97 Å². The van der Waals surface area contributed by atoms with Crippen LogP contribution < -0.4 is 0 Å². The molecule has 1 fully saturated rings. The highest BCUT2D eigenvalue weighted by atomic mass is 16.4. The van der Waals surface area contributed by atoms with Crippen LogP contribution in [0.15, 0.2) is 0 Å². The molecule has 1 rings (SSSR count). The number of carboxylic acids is 1. The van der Waals surface area contributed by atoms with Crippen molar-refractivity contribution in [2.45, 2.75) is 19.4 Å². The molecule has 1 unspecified atom stereocenters. The molecule has 0 spiro atoms. The molecule has 1 aliphatic rings. The fourth-order valence-electron chi connectivity index (χ4n) is 2.23. The fourth-order valence-corrected chi connectivity index (χ4v) is 2.23. The first-order valence-corrected chi connectivity index (χ1v) is 6.38. The Labute approximate surface area is 104 Å². The van der Waals surface area contributed by atoms with Crippen LogP contribution >= 0.6 is 0 Å². The SMILES string of the molecule is CCC(C(=O)O)N1CCN(CCN(C)C)CC1. The quantitative estimate of drug-likeness (QED) is 0.713. The predicted octanol–water partition coefficient (Wildman–Crippen LogP) is 0.0288. The van der Waals surface area contributed by atoms with Gasteiger partial charge in [0.1, 0.15) is 6.04 Å². The van der Waals surface area contributed by atoms with E-state index in [2.05, 4.69) is 28.8 Å². The van der Waals surface area contributed by atoms with Crippen molar-refractivity contribution in [3.63, 3.8) is 0 Å². The lowest BCUT2D eigenvalue weighted by Crippen LogP contribution is -2.53. The van der Waals surface area contributed by atoms with E-state index in [0.717, 1.165) is 39.3 Å². The third-order valence-corrected chi connectivity index (χ3v) is 3.38. The van der Waals surface area contributed by atoms with Crippen molar-refractivity contribution in [2.75, 3.05) is 53.4 Å². The number of likely N-dealkylation sites (N-methyl/N-ethyl adjacent to an activating group) is 1. The molecule has 0 aliphatic carbocycles. The van der Waals surface area contributed by atoms with Crippen molar-refractivity contribution in [2.24, 2.45) is 0 Å². The minimum Gasteiger partial charge on any atom is -0.480 e. The molecule has 5 nitrogen and oxygen atoms in total. The van der Waals surface area contributed by atoms with Crippen molar-refractivity contribution in [1.82, 2.24) is 14.7 Å². The van der Waals surface area contributed by atoms with Crippen LogP contribution in [0.5, 0.6) is 0 Å². The maximum absolute atomic E-state index is 11.1. The van der Waals surface area contributed by atoms with E-state index in [1.807, 2.05) is 6.92 Å². The van der Waals surface area contributed by atoms with Gasteiger partial charge in [-0.15, -0.1) is 0 Å². The molecular weight excluding hydrogens is 218 g/mol. The Balaban J connectivity index is 2.32. The topological polar surface area (TPSA) is 47.0 Å². The van der Waals surface area contributed by atoms with E-state index in [1.54, 1.807) is 0 Å². The van der Waals surface area contributed by atoms with Crippen molar-refractivity contribution < 1.29 is 9.90 Å². The number of piperazine rings is 1. The molecule has 0 amide bonds. The van der Waals surface area contributed by atoms with Gasteiger partial charge in [0.05, 0.1) is 0 Å². The highest BCUT2D eigenvalue weighted by molar-refractivity contribution is 5.73. The van der Waals surface area contributed by atoms with Gasteiger partial charge in [0.25, 0.3) is 0 Å². The van der Waals surface area contributed by atoms with Gasteiger partial charge in [-0.3, -0.25) is 14.6 Å². The zero-order valence-corrected chi connectivity index (χ0v) is 11.2. The fraction of sp³-hybridized carbons (Fsp3) is 0.917. The summed E-state index contributed by atoms with van der Waals surface area (Å²) < 4.78 is 0. The lowest BCUT2D eigenvalue weighted by molar-refractivity contribution is -0.144. The lowest BCUT2D eigenvalue weighted by Gasteiger charge is -2.37. The zero-order chi connectivity index (χ0) is 12.8. The zero-order valence-electron chi connectivity index (χ0n) is 11.2. The van der Waals surface area contributed by atoms with Crippen LogP contribution in [-0.2, 0) is 4.79 Å². The van der Waals surface area contributed by atoms with Crippen molar-refractivity contribution in [3.8, 4) is 0 Å². The lowest BCUT2D eigenvalue weighted by atomic mass is 10.1. The summed E-state index contributed by atoms with van der Waals surface area (Å²) in [6, 6.07) is -0.300. The van der Waals surface area contributed by atoms with Gasteiger partial charge in [0.2, 0.25) is 0 Å². The summed E-state index contributed by atoms with van der Waals surface area (Å²) in [4.78, 5) is 17.7. The summed E-state index contributed by atoms with van der Waals surface area (Å²) in [5.41, 5.74) is 0. The summed E-state index contributed by atoms with van der Waals surface area (Å²) in [5, 5.41) is 9.11. The molecule has 0 radical (unpaired) electrons. The first-order valence-electron chi connectivity index (χ1n) is 6.38. The molecule has 1 N–H and O–H groups in total. The van der Waals surface area contributed by atoms with E-state index in [0.29, 0.717) is 6.42 Å². The Morgan fingerprint density at radius 1 is 1.29 bits per heavy atom. The number of hydrogen-bond donors (Lipinski definition) is 1. The molecule has 0 aromatic carbocycles. The molecule has 0 aromatic rings. The van der Waals surface area contributed by atoms with E-state index < -0.39 is 5.97 Å². The van der Waals surface area contributed by atoms with Gasteiger partial charge in [0, 0.05) is 39.3 Å². The Kier molecular flexibility index (Phi) is 5.88. The maximum atomic E-state index is 11.1. The Morgan fingerprint density at radius 3 is 2.29 bits per heavy atom. The summed E-state index contributed by atoms with van der Waals surface area (Å²) in [6.07, 6.45) is 0.688. The predicted molar refractivity (Wildman–Crippen MR) is 68.3 cm³/mol. The van der Waals surface area contributed by atoms with E-state index in [4.69, 9.17) is 5.11 Å². The second-order valence-corrected chi connectivity index (χ2v) is 4.94. The van der Waals surface area contributed by atoms with E-state index >= 15 is 0 Å². The van der Waals surface area contributed by atoms with Crippen LogP contribution in [0.2, 0.25) is 0 Å². The van der Waals surface area contributed by atoms with Crippen molar-refractivity contribution in [1.29, 1.82) is 0 Å². The second kappa shape index (κ2) is 6.93. The van der Waals surface area contributed by atoms with E-state index in [1.165, 1.54) is 0 Å². The largest absolute Gasteiger partial charge is 0.480 e. The number of nitrogens with zero attached hydrogens (tertiary/aromatic N) is 3. The molecule has 0 bridgehead atoms. The first kappa shape index (κ1) is 14.4.